The number of rotatable bonds is 3. The molecule has 6 nitrogen and oxygen atoms in total. The molecular weight excluding hydrogens is 328 g/mol. The lowest BCUT2D eigenvalue weighted by molar-refractivity contribution is 0.414. The van der Waals surface area contributed by atoms with Crippen LogP contribution in [0.5, 0.6) is 11.6 Å². The van der Waals surface area contributed by atoms with Crippen LogP contribution in [0.1, 0.15) is 12.8 Å². The van der Waals surface area contributed by atoms with Crippen molar-refractivity contribution < 1.29 is 9.84 Å². The number of nitrogens with zero attached hydrogens (tertiary/aromatic N) is 4. The maximum Gasteiger partial charge on any atom is 0.225 e. The van der Waals surface area contributed by atoms with Crippen molar-refractivity contribution in [1.29, 1.82) is 0 Å². The van der Waals surface area contributed by atoms with Crippen molar-refractivity contribution in [2.45, 2.75) is 12.8 Å². The van der Waals surface area contributed by atoms with E-state index in [0.29, 0.717) is 27.6 Å². The van der Waals surface area contributed by atoms with Crippen molar-refractivity contribution in [2.24, 2.45) is 0 Å². The van der Waals surface area contributed by atoms with E-state index >= 15 is 0 Å². The quantitative estimate of drug-likeness (QED) is 0.789. The Bertz CT molecular complexity index is 903. The highest BCUT2D eigenvalue weighted by Crippen LogP contribution is 2.33. The Kier molecular flexibility index (Phi) is 3.69. The fourth-order valence-corrected chi connectivity index (χ4v) is 3.29. The van der Waals surface area contributed by atoms with Crippen LogP contribution in [0.4, 0.5) is 5.95 Å². The molecule has 1 N–H and O–H groups in total. The monoisotopic (exact) mass is 344 g/mol. The van der Waals surface area contributed by atoms with Crippen molar-refractivity contribution in [3.8, 4) is 17.3 Å². The molecule has 24 heavy (non-hydrogen) atoms. The second kappa shape index (κ2) is 5.87. The number of halogens is 1. The summed E-state index contributed by atoms with van der Waals surface area (Å²) in [7, 11) is 1.57. The first-order valence-corrected chi connectivity index (χ1v) is 8.21. The number of benzene rings is 1. The number of fused-ring (bicyclic) bond motifs is 1. The SMILES string of the molecule is COc1ccc(-n2cc3nc(N4CCCC4)ncc3c2O)cc1Cl. The van der Waals surface area contributed by atoms with Gasteiger partial charge in [0.1, 0.15) is 5.75 Å². The maximum absolute atomic E-state index is 10.5. The first kappa shape index (κ1) is 15.1. The molecule has 0 bridgehead atoms. The molecule has 0 atom stereocenters. The van der Waals surface area contributed by atoms with Crippen LogP contribution in [0.15, 0.2) is 30.6 Å². The molecule has 0 amide bonds. The standard InChI is InChI=1S/C17H17ClN4O2/c1-24-15-5-4-11(8-13(15)18)22-10-14-12(16(22)23)9-19-17(20-14)21-6-2-3-7-21/h4-5,8-10,23H,2-3,6-7H2,1H3. The van der Waals surface area contributed by atoms with Crippen LogP contribution in [0.25, 0.3) is 16.6 Å². The molecule has 0 unspecified atom stereocenters. The summed E-state index contributed by atoms with van der Waals surface area (Å²) in [6, 6.07) is 5.34. The molecule has 1 fully saturated rings. The van der Waals surface area contributed by atoms with Crippen molar-refractivity contribution in [3.63, 3.8) is 0 Å². The van der Waals surface area contributed by atoms with E-state index < -0.39 is 0 Å². The number of methoxy groups -OCH3 is 1. The summed E-state index contributed by atoms with van der Waals surface area (Å²) in [4.78, 5) is 11.2. The Hall–Kier alpha value is -2.47. The van der Waals surface area contributed by atoms with Crippen molar-refractivity contribution >= 4 is 28.5 Å². The van der Waals surface area contributed by atoms with E-state index in [1.807, 2.05) is 6.07 Å². The number of ether oxygens (including phenoxy) is 1. The van der Waals surface area contributed by atoms with E-state index in [2.05, 4.69) is 14.9 Å². The second-order valence-electron chi connectivity index (χ2n) is 5.80. The zero-order valence-electron chi connectivity index (χ0n) is 13.2. The zero-order chi connectivity index (χ0) is 16.7. The molecule has 7 heteroatoms. The Morgan fingerprint density at radius 1 is 1.25 bits per heavy atom. The predicted molar refractivity (Wildman–Crippen MR) is 93.5 cm³/mol. The predicted octanol–water partition coefficient (Wildman–Crippen LogP) is 3.39. The third-order valence-electron chi connectivity index (χ3n) is 4.33. The first-order valence-electron chi connectivity index (χ1n) is 7.83. The molecule has 4 rings (SSSR count). The van der Waals surface area contributed by atoms with E-state index in [-0.39, 0.29) is 5.88 Å². The van der Waals surface area contributed by atoms with Crippen LogP contribution in [-0.2, 0) is 0 Å². The molecule has 0 aliphatic carbocycles. The molecule has 1 aliphatic heterocycles. The average Bonchev–Trinajstić information content (AvgIpc) is 3.23. The van der Waals surface area contributed by atoms with E-state index in [0.717, 1.165) is 31.6 Å². The van der Waals surface area contributed by atoms with Crippen LogP contribution < -0.4 is 9.64 Å². The molecule has 0 saturated carbocycles. The fraction of sp³-hybridized carbons (Fsp3) is 0.294. The van der Waals surface area contributed by atoms with Crippen LogP contribution in [-0.4, -0.2) is 39.8 Å². The fourth-order valence-electron chi connectivity index (χ4n) is 3.04. The topological polar surface area (TPSA) is 63.4 Å². The number of aromatic nitrogens is 3. The minimum absolute atomic E-state index is 0.0965. The Morgan fingerprint density at radius 2 is 2.04 bits per heavy atom. The van der Waals surface area contributed by atoms with E-state index in [1.54, 1.807) is 36.2 Å². The van der Waals surface area contributed by atoms with Gasteiger partial charge in [-0.3, -0.25) is 4.57 Å². The van der Waals surface area contributed by atoms with Gasteiger partial charge in [0, 0.05) is 25.5 Å². The van der Waals surface area contributed by atoms with Crippen LogP contribution in [0, 0.1) is 0 Å². The molecule has 0 spiro atoms. The zero-order valence-corrected chi connectivity index (χ0v) is 14.0. The van der Waals surface area contributed by atoms with Crippen LogP contribution >= 0.6 is 11.6 Å². The first-order chi connectivity index (χ1) is 11.7. The van der Waals surface area contributed by atoms with Gasteiger partial charge >= 0.3 is 0 Å². The molecule has 0 radical (unpaired) electrons. The van der Waals surface area contributed by atoms with Gasteiger partial charge in [0.05, 0.1) is 28.7 Å². The Morgan fingerprint density at radius 3 is 2.75 bits per heavy atom. The lowest BCUT2D eigenvalue weighted by Crippen LogP contribution is -2.20. The normalized spacial score (nSPS) is 14.5. The van der Waals surface area contributed by atoms with E-state index in [4.69, 9.17) is 16.3 Å². The third kappa shape index (κ3) is 2.43. The van der Waals surface area contributed by atoms with Gasteiger partial charge in [-0.25, -0.2) is 9.97 Å². The van der Waals surface area contributed by atoms with Gasteiger partial charge in [0.25, 0.3) is 0 Å². The summed E-state index contributed by atoms with van der Waals surface area (Å²) in [6.07, 6.45) is 5.80. The van der Waals surface area contributed by atoms with Crippen LogP contribution in [0.3, 0.4) is 0 Å². The smallest absolute Gasteiger partial charge is 0.225 e. The molecule has 1 aliphatic rings. The number of aromatic hydroxyl groups is 1. The van der Waals surface area contributed by atoms with Gasteiger partial charge in [-0.1, -0.05) is 11.6 Å². The van der Waals surface area contributed by atoms with Crippen LogP contribution in [0.2, 0.25) is 5.02 Å². The lowest BCUT2D eigenvalue weighted by Gasteiger charge is -2.13. The molecule has 1 saturated heterocycles. The minimum atomic E-state index is 0.0965. The average molecular weight is 345 g/mol. The molecular formula is C17H17ClN4O2. The molecule has 3 aromatic rings. The summed E-state index contributed by atoms with van der Waals surface area (Å²) in [5.41, 5.74) is 1.44. The summed E-state index contributed by atoms with van der Waals surface area (Å²) in [6.45, 7) is 1.96. The van der Waals surface area contributed by atoms with Gasteiger partial charge in [-0.05, 0) is 31.0 Å². The summed E-state index contributed by atoms with van der Waals surface area (Å²) in [5.74, 6) is 1.40. The largest absolute Gasteiger partial charge is 0.495 e. The van der Waals surface area contributed by atoms with Crippen molar-refractivity contribution in [1.82, 2.24) is 14.5 Å². The van der Waals surface area contributed by atoms with Gasteiger partial charge in [0.15, 0.2) is 0 Å². The van der Waals surface area contributed by atoms with Crippen molar-refractivity contribution in [3.05, 3.63) is 35.6 Å². The highest BCUT2D eigenvalue weighted by Gasteiger charge is 2.18. The van der Waals surface area contributed by atoms with Crippen molar-refractivity contribution in [2.75, 3.05) is 25.1 Å². The number of hydrogen-bond donors (Lipinski definition) is 1. The molecule has 3 heterocycles. The number of anilines is 1. The second-order valence-corrected chi connectivity index (χ2v) is 6.21. The molecule has 124 valence electrons. The number of hydrogen-bond acceptors (Lipinski definition) is 5. The summed E-state index contributed by atoms with van der Waals surface area (Å²) < 4.78 is 6.82. The van der Waals surface area contributed by atoms with Gasteiger partial charge in [0.2, 0.25) is 11.8 Å². The van der Waals surface area contributed by atoms with E-state index in [1.165, 1.54) is 0 Å². The van der Waals surface area contributed by atoms with Gasteiger partial charge in [-0.15, -0.1) is 0 Å². The Balaban J connectivity index is 1.78. The van der Waals surface area contributed by atoms with E-state index in [9.17, 15) is 5.11 Å². The molecule has 2 aromatic heterocycles. The Labute approximate surface area is 144 Å². The minimum Gasteiger partial charge on any atom is -0.495 e. The molecule has 1 aromatic carbocycles. The summed E-state index contributed by atoms with van der Waals surface area (Å²) in [5, 5.41) is 11.6. The highest BCUT2D eigenvalue weighted by molar-refractivity contribution is 6.32. The lowest BCUT2D eigenvalue weighted by atomic mass is 10.3. The van der Waals surface area contributed by atoms with Gasteiger partial charge in [-0.2, -0.15) is 0 Å². The van der Waals surface area contributed by atoms with Gasteiger partial charge < -0.3 is 14.7 Å². The third-order valence-corrected chi connectivity index (χ3v) is 4.62. The highest BCUT2D eigenvalue weighted by atomic mass is 35.5. The summed E-state index contributed by atoms with van der Waals surface area (Å²) >= 11 is 6.19. The maximum atomic E-state index is 10.5.